The van der Waals surface area contributed by atoms with Crippen LogP contribution in [0.1, 0.15) is 107 Å². The molecule has 0 radical (unpaired) electrons. The molecule has 0 spiro atoms. The molecule has 2 aliphatic heterocycles. The van der Waals surface area contributed by atoms with Gasteiger partial charge in [0.15, 0.2) is 0 Å². The molecule has 2 saturated heterocycles. The zero-order chi connectivity index (χ0) is 38.2. The Morgan fingerprint density at radius 3 is 1.19 bits per heavy atom. The second-order valence-electron chi connectivity index (χ2n) is 14.2. The van der Waals surface area contributed by atoms with Gasteiger partial charge in [0.2, 0.25) is 11.8 Å². The van der Waals surface area contributed by atoms with Gasteiger partial charge in [-0.15, -0.1) is 0 Å². The predicted octanol–water partition coefficient (Wildman–Crippen LogP) is 8.59. The van der Waals surface area contributed by atoms with E-state index in [-0.39, 0.29) is 23.6 Å². The molecule has 4 aromatic carbocycles. The summed E-state index contributed by atoms with van der Waals surface area (Å²) in [5, 5.41) is 6.07. The van der Waals surface area contributed by atoms with E-state index in [0.717, 1.165) is 83.0 Å². The molecule has 2 heterocycles. The quantitative estimate of drug-likeness (QED) is 0.143. The maximum Gasteiger partial charge on any atom is 0.255 e. The lowest BCUT2D eigenvalue weighted by molar-refractivity contribution is -0.120. The van der Waals surface area contributed by atoms with Gasteiger partial charge >= 0.3 is 0 Å². The van der Waals surface area contributed by atoms with Gasteiger partial charge in [-0.3, -0.25) is 19.2 Å². The van der Waals surface area contributed by atoms with Gasteiger partial charge in [0, 0.05) is 35.6 Å². The second-order valence-corrected chi connectivity index (χ2v) is 14.2. The van der Waals surface area contributed by atoms with E-state index in [1.54, 1.807) is 9.80 Å². The van der Waals surface area contributed by atoms with E-state index in [9.17, 15) is 19.2 Å². The van der Waals surface area contributed by atoms with Gasteiger partial charge in [0.05, 0.1) is 0 Å². The number of anilines is 2. The summed E-state index contributed by atoms with van der Waals surface area (Å²) < 4.78 is 0. The average molecular weight is 725 g/mol. The van der Waals surface area contributed by atoms with Crippen LogP contribution in [0.3, 0.4) is 0 Å². The summed E-state index contributed by atoms with van der Waals surface area (Å²) >= 11 is 0. The van der Waals surface area contributed by atoms with Crippen LogP contribution in [0.25, 0.3) is 12.2 Å². The number of hydrogen-bond donors (Lipinski definition) is 2. The molecule has 2 N–H and O–H groups in total. The molecule has 0 unspecified atom stereocenters. The molecule has 0 aromatic heterocycles. The minimum Gasteiger partial charge on any atom is -0.327 e. The van der Waals surface area contributed by atoms with Crippen LogP contribution in [-0.2, 0) is 35.3 Å². The number of amides is 4. The monoisotopic (exact) mass is 724 g/mol. The summed E-state index contributed by atoms with van der Waals surface area (Å²) in [6, 6.07) is 26.3. The third-order valence-corrected chi connectivity index (χ3v) is 10.9. The fourth-order valence-electron chi connectivity index (χ4n) is 7.89. The molecule has 8 heteroatoms. The lowest BCUT2D eigenvalue weighted by atomic mass is 9.96. The topological polar surface area (TPSA) is 98.8 Å². The fourth-order valence-corrected chi connectivity index (χ4v) is 7.89. The van der Waals surface area contributed by atoms with E-state index in [1.165, 1.54) is 0 Å². The third-order valence-electron chi connectivity index (χ3n) is 10.9. The first-order valence-electron chi connectivity index (χ1n) is 19.6. The van der Waals surface area contributed by atoms with E-state index in [2.05, 4.69) is 38.3 Å². The second kappa shape index (κ2) is 17.5. The molecular weight excluding hydrogens is 673 g/mol. The molecule has 6 rings (SSSR count). The molecular formula is C46H52N4O4. The number of hydrogen-bond acceptors (Lipinski definition) is 4. The number of rotatable bonds is 12. The van der Waals surface area contributed by atoms with Crippen LogP contribution in [0.15, 0.2) is 84.9 Å². The van der Waals surface area contributed by atoms with Crippen LogP contribution in [0.2, 0.25) is 0 Å². The van der Waals surface area contributed by atoms with Gasteiger partial charge in [0.1, 0.15) is 12.1 Å². The Balaban J connectivity index is 1.04. The SMILES string of the molecule is CCc1cccc(CC)c1C(=O)N1CCC[C@H]1C(=O)Nc1ccc(/C=C/c2ccc(NC(=O)[C@@H]3CCCN3C(=O)c3c(CC)cccc3CC)cc2)cc1. The Morgan fingerprint density at radius 2 is 0.870 bits per heavy atom. The van der Waals surface area contributed by atoms with Gasteiger partial charge in [-0.2, -0.15) is 0 Å². The normalized spacial score (nSPS) is 16.9. The maximum absolute atomic E-state index is 13.7. The van der Waals surface area contributed by atoms with E-state index in [1.807, 2.05) is 97.1 Å². The van der Waals surface area contributed by atoms with Gasteiger partial charge in [0.25, 0.3) is 11.8 Å². The smallest absolute Gasteiger partial charge is 0.255 e. The molecule has 280 valence electrons. The third kappa shape index (κ3) is 8.33. The number of benzene rings is 4. The molecule has 54 heavy (non-hydrogen) atoms. The summed E-state index contributed by atoms with van der Waals surface area (Å²) in [5.74, 6) is -0.430. The molecule has 0 aliphatic carbocycles. The molecule has 2 fully saturated rings. The number of nitrogens with zero attached hydrogens (tertiary/aromatic N) is 2. The van der Waals surface area contributed by atoms with Gasteiger partial charge in [-0.05, 0) is 109 Å². The van der Waals surface area contributed by atoms with Crippen LogP contribution < -0.4 is 10.6 Å². The van der Waals surface area contributed by atoms with Crippen molar-refractivity contribution >= 4 is 47.2 Å². The molecule has 2 aliphatic rings. The van der Waals surface area contributed by atoms with Crippen molar-refractivity contribution in [2.75, 3.05) is 23.7 Å². The standard InChI is InChI=1S/C46H52N4O4/c1-5-33-13-9-14-34(6-2)41(33)45(53)49-29-11-17-39(49)43(51)47-37-25-21-31(22-26-37)19-20-32-23-27-38(28-24-32)48-44(52)40-18-12-30-50(40)46(54)42-35(7-3)15-10-16-36(42)8-4/h9-10,13-16,19-28,39-40H,5-8,11-12,17-18,29-30H2,1-4H3,(H,47,51)(H,48,52)/b20-19+/t39-,40-/m0/s1. The van der Waals surface area contributed by atoms with E-state index < -0.39 is 12.1 Å². The van der Waals surface area contributed by atoms with Gasteiger partial charge in [-0.1, -0.05) is 101 Å². The largest absolute Gasteiger partial charge is 0.327 e. The lowest BCUT2D eigenvalue weighted by Gasteiger charge is -2.26. The van der Waals surface area contributed by atoms with Crippen molar-refractivity contribution in [1.82, 2.24) is 9.80 Å². The van der Waals surface area contributed by atoms with E-state index in [4.69, 9.17) is 0 Å². The number of aryl methyl sites for hydroxylation is 4. The van der Waals surface area contributed by atoms with Crippen LogP contribution in [-0.4, -0.2) is 58.6 Å². The Hall–Kier alpha value is -5.50. The number of carbonyl (C=O) groups is 4. The fraction of sp³-hybridized carbons (Fsp3) is 0.348. The van der Waals surface area contributed by atoms with E-state index >= 15 is 0 Å². The van der Waals surface area contributed by atoms with Crippen molar-refractivity contribution in [1.29, 1.82) is 0 Å². The van der Waals surface area contributed by atoms with E-state index in [0.29, 0.717) is 37.3 Å². The molecule has 8 nitrogen and oxygen atoms in total. The minimum absolute atomic E-state index is 0.0513. The Kier molecular flexibility index (Phi) is 12.4. The van der Waals surface area contributed by atoms with Crippen LogP contribution in [0.5, 0.6) is 0 Å². The first-order valence-corrected chi connectivity index (χ1v) is 19.6. The van der Waals surface area contributed by atoms with Crippen molar-refractivity contribution in [3.8, 4) is 0 Å². The summed E-state index contributed by atoms with van der Waals surface area (Å²) in [7, 11) is 0. The summed E-state index contributed by atoms with van der Waals surface area (Å²) in [5.41, 5.74) is 8.90. The van der Waals surface area contributed by atoms with Crippen molar-refractivity contribution in [3.63, 3.8) is 0 Å². The van der Waals surface area contributed by atoms with Crippen molar-refractivity contribution in [2.24, 2.45) is 0 Å². The maximum atomic E-state index is 13.7. The van der Waals surface area contributed by atoms with Gasteiger partial charge < -0.3 is 20.4 Å². The lowest BCUT2D eigenvalue weighted by Crippen LogP contribution is -2.43. The zero-order valence-corrected chi connectivity index (χ0v) is 32.0. The van der Waals surface area contributed by atoms with Crippen LogP contribution in [0.4, 0.5) is 11.4 Å². The highest BCUT2D eigenvalue weighted by molar-refractivity contribution is 6.04. The first kappa shape index (κ1) is 38.2. The number of likely N-dealkylation sites (tertiary alicyclic amines) is 2. The van der Waals surface area contributed by atoms with Gasteiger partial charge in [-0.25, -0.2) is 0 Å². The first-order chi connectivity index (χ1) is 26.3. The highest BCUT2D eigenvalue weighted by Crippen LogP contribution is 2.28. The Morgan fingerprint density at radius 1 is 0.537 bits per heavy atom. The molecule has 4 amide bonds. The predicted molar refractivity (Wildman–Crippen MR) is 218 cm³/mol. The Bertz CT molecular complexity index is 1830. The molecule has 0 bridgehead atoms. The highest BCUT2D eigenvalue weighted by Gasteiger charge is 2.37. The number of carbonyl (C=O) groups excluding carboxylic acids is 4. The van der Waals surface area contributed by atoms with Crippen molar-refractivity contribution in [3.05, 3.63) is 129 Å². The summed E-state index contributed by atoms with van der Waals surface area (Å²) in [4.78, 5) is 57.8. The summed E-state index contributed by atoms with van der Waals surface area (Å²) in [6.45, 7) is 9.38. The van der Waals surface area contributed by atoms with Crippen LogP contribution >= 0.6 is 0 Å². The van der Waals surface area contributed by atoms with Crippen LogP contribution in [0, 0.1) is 0 Å². The highest BCUT2D eigenvalue weighted by atomic mass is 16.2. The minimum atomic E-state index is -0.503. The average Bonchev–Trinajstić information content (AvgIpc) is 3.91. The molecule has 4 aromatic rings. The van der Waals surface area contributed by atoms with Crippen molar-refractivity contribution in [2.45, 2.75) is 91.1 Å². The Labute approximate surface area is 319 Å². The summed E-state index contributed by atoms with van der Waals surface area (Å²) in [6.07, 6.45) is 9.93. The molecule has 2 atom stereocenters. The van der Waals surface area contributed by atoms with Crippen molar-refractivity contribution < 1.29 is 19.2 Å². The number of nitrogens with one attached hydrogen (secondary N) is 2. The zero-order valence-electron chi connectivity index (χ0n) is 32.0. The molecule has 0 saturated carbocycles.